The molecule has 0 amide bonds. The lowest BCUT2D eigenvalue weighted by molar-refractivity contribution is 0.103. The first-order valence-electron chi connectivity index (χ1n) is 5.82. The van der Waals surface area contributed by atoms with Gasteiger partial charge >= 0.3 is 0 Å². The van der Waals surface area contributed by atoms with Gasteiger partial charge in [0.2, 0.25) is 0 Å². The fraction of sp³-hybridized carbons (Fsp3) is 0.538. The van der Waals surface area contributed by atoms with E-state index in [0.717, 1.165) is 11.3 Å². The molecule has 96 valence electrons. The highest BCUT2D eigenvalue weighted by molar-refractivity contribution is 5.28. The van der Waals surface area contributed by atoms with Crippen LogP contribution in [0, 0.1) is 0 Å². The van der Waals surface area contributed by atoms with Gasteiger partial charge in [-0.2, -0.15) is 0 Å². The number of aliphatic hydroxyl groups excluding tert-OH is 2. The largest absolute Gasteiger partial charge is 0.494 e. The second-order valence-electron chi connectivity index (χ2n) is 4.31. The van der Waals surface area contributed by atoms with Crippen LogP contribution in [0.1, 0.15) is 19.4 Å². The zero-order chi connectivity index (χ0) is 12.7. The molecule has 1 rings (SSSR count). The summed E-state index contributed by atoms with van der Waals surface area (Å²) in [5, 5.41) is 21.4. The quantitative estimate of drug-likeness (QED) is 0.662. The molecule has 0 aliphatic rings. The molecule has 0 fully saturated rings. The van der Waals surface area contributed by atoms with E-state index in [1.54, 1.807) is 6.92 Å². The van der Waals surface area contributed by atoms with Crippen molar-refractivity contribution < 1.29 is 14.9 Å². The molecule has 0 aliphatic heterocycles. The standard InChI is InChI=1S/C13H21NO3/c1-3-17-12-6-4-5-11(7-12)8-14-13(2,9-15)10-16/h4-7,14-16H,3,8-10H2,1-2H3. The Morgan fingerprint density at radius 2 is 2.00 bits per heavy atom. The molecule has 1 aromatic carbocycles. The molecule has 0 bridgehead atoms. The monoisotopic (exact) mass is 239 g/mol. The van der Waals surface area contributed by atoms with Gasteiger partial charge in [-0.15, -0.1) is 0 Å². The fourth-order valence-electron chi connectivity index (χ4n) is 1.39. The van der Waals surface area contributed by atoms with E-state index in [1.807, 2.05) is 31.2 Å². The Bertz CT molecular complexity index is 337. The highest BCUT2D eigenvalue weighted by atomic mass is 16.5. The molecular weight excluding hydrogens is 218 g/mol. The van der Waals surface area contributed by atoms with Gasteiger partial charge in [-0.3, -0.25) is 0 Å². The SMILES string of the molecule is CCOc1cccc(CNC(C)(CO)CO)c1. The molecule has 0 aromatic heterocycles. The maximum Gasteiger partial charge on any atom is 0.119 e. The molecule has 0 heterocycles. The molecule has 4 nitrogen and oxygen atoms in total. The van der Waals surface area contributed by atoms with Gasteiger partial charge in [-0.05, 0) is 31.5 Å². The van der Waals surface area contributed by atoms with Crippen molar-refractivity contribution in [3.63, 3.8) is 0 Å². The Hall–Kier alpha value is -1.10. The molecular formula is C13H21NO3. The van der Waals surface area contributed by atoms with Crippen LogP contribution in [-0.2, 0) is 6.54 Å². The lowest BCUT2D eigenvalue weighted by Gasteiger charge is -2.26. The Balaban J connectivity index is 2.59. The third kappa shape index (κ3) is 4.34. The van der Waals surface area contributed by atoms with E-state index >= 15 is 0 Å². The summed E-state index contributed by atoms with van der Waals surface area (Å²) < 4.78 is 5.40. The maximum absolute atomic E-state index is 9.15. The third-order valence-electron chi connectivity index (χ3n) is 2.63. The van der Waals surface area contributed by atoms with Crippen LogP contribution in [0.25, 0.3) is 0 Å². The van der Waals surface area contributed by atoms with E-state index in [4.69, 9.17) is 14.9 Å². The van der Waals surface area contributed by atoms with Crippen LogP contribution in [0.2, 0.25) is 0 Å². The molecule has 0 radical (unpaired) electrons. The number of rotatable bonds is 7. The first-order chi connectivity index (χ1) is 8.13. The minimum absolute atomic E-state index is 0.103. The molecule has 0 saturated carbocycles. The van der Waals surface area contributed by atoms with Crippen LogP contribution in [0.4, 0.5) is 0 Å². The third-order valence-corrected chi connectivity index (χ3v) is 2.63. The van der Waals surface area contributed by atoms with Gasteiger partial charge in [0.1, 0.15) is 5.75 Å². The Labute approximate surface area is 102 Å². The first kappa shape index (κ1) is 14.0. The van der Waals surface area contributed by atoms with Crippen molar-refractivity contribution in [2.75, 3.05) is 19.8 Å². The second-order valence-corrected chi connectivity index (χ2v) is 4.31. The molecule has 3 N–H and O–H groups in total. The van der Waals surface area contributed by atoms with Crippen LogP contribution < -0.4 is 10.1 Å². The summed E-state index contributed by atoms with van der Waals surface area (Å²) in [5.74, 6) is 0.835. The molecule has 0 atom stereocenters. The highest BCUT2D eigenvalue weighted by Gasteiger charge is 2.20. The van der Waals surface area contributed by atoms with Gasteiger partial charge in [0.25, 0.3) is 0 Å². The van der Waals surface area contributed by atoms with E-state index in [-0.39, 0.29) is 13.2 Å². The zero-order valence-corrected chi connectivity index (χ0v) is 10.4. The van der Waals surface area contributed by atoms with Crippen LogP contribution in [0.3, 0.4) is 0 Å². The molecule has 0 aliphatic carbocycles. The summed E-state index contributed by atoms with van der Waals surface area (Å²) >= 11 is 0. The number of benzene rings is 1. The van der Waals surface area contributed by atoms with Gasteiger partial charge in [0.15, 0.2) is 0 Å². The van der Waals surface area contributed by atoms with Crippen LogP contribution >= 0.6 is 0 Å². The maximum atomic E-state index is 9.15. The van der Waals surface area contributed by atoms with Crippen molar-refractivity contribution in [1.82, 2.24) is 5.32 Å². The van der Waals surface area contributed by atoms with Gasteiger partial charge in [0.05, 0.1) is 25.4 Å². The van der Waals surface area contributed by atoms with E-state index in [1.165, 1.54) is 0 Å². The molecule has 0 spiro atoms. The van der Waals surface area contributed by atoms with Gasteiger partial charge in [-0.1, -0.05) is 12.1 Å². The van der Waals surface area contributed by atoms with Crippen LogP contribution in [-0.4, -0.2) is 35.6 Å². The number of ether oxygens (including phenoxy) is 1. The summed E-state index contributed by atoms with van der Waals surface area (Å²) in [7, 11) is 0. The average molecular weight is 239 g/mol. The van der Waals surface area contributed by atoms with Crippen molar-refractivity contribution in [1.29, 1.82) is 0 Å². The average Bonchev–Trinajstić information content (AvgIpc) is 2.37. The number of hydrogen-bond donors (Lipinski definition) is 3. The van der Waals surface area contributed by atoms with Crippen molar-refractivity contribution in [3.05, 3.63) is 29.8 Å². The number of hydrogen-bond acceptors (Lipinski definition) is 4. The predicted molar refractivity (Wildman–Crippen MR) is 67.0 cm³/mol. The Morgan fingerprint density at radius 1 is 1.29 bits per heavy atom. The summed E-state index contributed by atoms with van der Waals surface area (Å²) in [6, 6.07) is 7.76. The smallest absolute Gasteiger partial charge is 0.119 e. The summed E-state index contributed by atoms with van der Waals surface area (Å²) in [6.45, 7) is 4.74. The lowest BCUT2D eigenvalue weighted by atomic mass is 10.0. The molecule has 0 unspecified atom stereocenters. The predicted octanol–water partition coefficient (Wildman–Crippen LogP) is 0.918. The van der Waals surface area contributed by atoms with E-state index in [9.17, 15) is 0 Å². The van der Waals surface area contributed by atoms with Crippen molar-refractivity contribution in [2.45, 2.75) is 25.9 Å². The Kier molecular flexibility index (Phi) is 5.41. The number of aliphatic hydroxyl groups is 2. The first-order valence-corrected chi connectivity index (χ1v) is 5.82. The number of nitrogens with one attached hydrogen (secondary N) is 1. The Morgan fingerprint density at radius 3 is 2.59 bits per heavy atom. The van der Waals surface area contributed by atoms with Crippen molar-refractivity contribution in [3.8, 4) is 5.75 Å². The lowest BCUT2D eigenvalue weighted by Crippen LogP contribution is -2.48. The van der Waals surface area contributed by atoms with Gasteiger partial charge in [-0.25, -0.2) is 0 Å². The van der Waals surface area contributed by atoms with E-state index in [2.05, 4.69) is 5.32 Å². The summed E-state index contributed by atoms with van der Waals surface area (Å²) in [4.78, 5) is 0. The minimum atomic E-state index is -0.651. The van der Waals surface area contributed by atoms with E-state index in [0.29, 0.717) is 13.2 Å². The van der Waals surface area contributed by atoms with Gasteiger partial charge in [0, 0.05) is 6.54 Å². The summed E-state index contributed by atoms with van der Waals surface area (Å²) in [6.07, 6.45) is 0. The fourth-order valence-corrected chi connectivity index (χ4v) is 1.39. The summed E-state index contributed by atoms with van der Waals surface area (Å²) in [5.41, 5.74) is 0.408. The van der Waals surface area contributed by atoms with Crippen molar-refractivity contribution in [2.24, 2.45) is 0 Å². The van der Waals surface area contributed by atoms with E-state index < -0.39 is 5.54 Å². The minimum Gasteiger partial charge on any atom is -0.494 e. The van der Waals surface area contributed by atoms with Gasteiger partial charge < -0.3 is 20.3 Å². The molecule has 1 aromatic rings. The van der Waals surface area contributed by atoms with Crippen LogP contribution in [0.5, 0.6) is 5.75 Å². The normalized spacial score (nSPS) is 11.5. The highest BCUT2D eigenvalue weighted by Crippen LogP contribution is 2.14. The topological polar surface area (TPSA) is 61.7 Å². The molecule has 17 heavy (non-hydrogen) atoms. The van der Waals surface area contributed by atoms with Crippen LogP contribution in [0.15, 0.2) is 24.3 Å². The molecule has 0 saturated heterocycles. The van der Waals surface area contributed by atoms with Crippen molar-refractivity contribution >= 4 is 0 Å². The second kappa shape index (κ2) is 6.59. The molecule has 4 heteroatoms. The zero-order valence-electron chi connectivity index (χ0n) is 10.4.